The monoisotopic (exact) mass is 408 g/mol. The van der Waals surface area contributed by atoms with E-state index in [1.807, 2.05) is 50.4 Å². The number of ether oxygens (including phenoxy) is 2. The van der Waals surface area contributed by atoms with Gasteiger partial charge in [-0.05, 0) is 19.1 Å². The van der Waals surface area contributed by atoms with E-state index in [2.05, 4.69) is 10.1 Å². The van der Waals surface area contributed by atoms with E-state index in [1.54, 1.807) is 35.9 Å². The first-order valence-corrected chi connectivity index (χ1v) is 9.50. The first kappa shape index (κ1) is 19.6. The predicted octanol–water partition coefficient (Wildman–Crippen LogP) is 3.09. The maximum absolute atomic E-state index is 11.0. The Morgan fingerprint density at radius 2 is 1.90 bits per heavy atom. The van der Waals surface area contributed by atoms with Crippen molar-refractivity contribution in [1.29, 1.82) is 0 Å². The lowest BCUT2D eigenvalue weighted by Crippen LogP contribution is -2.09. The molecular weight excluding hydrogens is 384 g/mol. The van der Waals surface area contributed by atoms with Crippen LogP contribution >= 0.6 is 0 Å². The Morgan fingerprint density at radius 1 is 1.10 bits per heavy atom. The molecule has 9 heteroatoms. The third-order valence-corrected chi connectivity index (χ3v) is 4.96. The minimum absolute atomic E-state index is 0.119. The maximum atomic E-state index is 11.0. The summed E-state index contributed by atoms with van der Waals surface area (Å²) in [6.45, 7) is 2.76. The second kappa shape index (κ2) is 7.58. The van der Waals surface area contributed by atoms with Gasteiger partial charge in [-0.1, -0.05) is 0 Å². The molecule has 4 aromatic heterocycles. The first-order valence-electron chi connectivity index (χ1n) is 9.50. The summed E-state index contributed by atoms with van der Waals surface area (Å²) in [5.41, 5.74) is 3.76. The molecule has 4 aromatic rings. The number of methoxy groups -OCH3 is 2. The Hall–Kier alpha value is -3.75. The minimum Gasteiger partial charge on any atom is -0.494 e. The fourth-order valence-corrected chi connectivity index (χ4v) is 3.40. The third kappa shape index (κ3) is 3.18. The first-order chi connectivity index (χ1) is 14.5. The molecule has 4 heterocycles. The highest BCUT2D eigenvalue weighted by molar-refractivity contribution is 5.99. The Labute approximate surface area is 174 Å². The van der Waals surface area contributed by atoms with Gasteiger partial charge in [-0.25, -0.2) is 9.97 Å². The van der Waals surface area contributed by atoms with Crippen LogP contribution in [0.4, 0.5) is 5.69 Å². The van der Waals surface area contributed by atoms with Crippen molar-refractivity contribution in [2.45, 2.75) is 13.5 Å². The average Bonchev–Trinajstić information content (AvgIpc) is 3.36. The molecular formula is C21H24N6O3. The van der Waals surface area contributed by atoms with Crippen LogP contribution in [0.1, 0.15) is 6.92 Å². The van der Waals surface area contributed by atoms with Crippen LogP contribution in [0.2, 0.25) is 0 Å². The molecule has 0 saturated carbocycles. The number of aryl methyl sites for hydroxylation is 1. The van der Waals surface area contributed by atoms with Gasteiger partial charge in [-0.3, -0.25) is 9.25 Å². The quantitative estimate of drug-likeness (QED) is 0.524. The molecule has 0 spiro atoms. The molecule has 0 fully saturated rings. The molecule has 0 unspecified atom stereocenters. The highest BCUT2D eigenvalue weighted by Gasteiger charge is 2.19. The van der Waals surface area contributed by atoms with Gasteiger partial charge in [0.1, 0.15) is 0 Å². The molecule has 0 aliphatic carbocycles. The SMILES string of the molecule is CCn1cc(-n2cc3nc(-c4cnc(OC)c(OC)c4)cc(N(C)C)c3c2O)cn1. The van der Waals surface area contributed by atoms with Crippen molar-refractivity contribution in [3.8, 4) is 34.5 Å². The van der Waals surface area contributed by atoms with E-state index in [1.165, 1.54) is 0 Å². The fraction of sp³-hybridized carbons (Fsp3) is 0.286. The second-order valence-corrected chi connectivity index (χ2v) is 6.99. The smallest absolute Gasteiger partial charge is 0.256 e. The zero-order chi connectivity index (χ0) is 21.4. The maximum Gasteiger partial charge on any atom is 0.256 e. The molecule has 156 valence electrons. The third-order valence-electron chi connectivity index (χ3n) is 4.96. The Morgan fingerprint density at radius 3 is 2.53 bits per heavy atom. The summed E-state index contributed by atoms with van der Waals surface area (Å²) in [6, 6.07) is 3.76. The van der Waals surface area contributed by atoms with Gasteiger partial charge in [0, 0.05) is 44.8 Å². The topological polar surface area (TPSA) is 90.5 Å². The number of anilines is 1. The van der Waals surface area contributed by atoms with Crippen LogP contribution in [0.15, 0.2) is 36.9 Å². The summed E-state index contributed by atoms with van der Waals surface area (Å²) >= 11 is 0. The summed E-state index contributed by atoms with van der Waals surface area (Å²) in [5, 5.41) is 15.9. The van der Waals surface area contributed by atoms with Crippen molar-refractivity contribution in [3.63, 3.8) is 0 Å². The molecule has 0 aromatic carbocycles. The zero-order valence-electron chi connectivity index (χ0n) is 17.6. The predicted molar refractivity (Wildman–Crippen MR) is 115 cm³/mol. The minimum atomic E-state index is 0.119. The number of hydrogen-bond acceptors (Lipinski definition) is 7. The van der Waals surface area contributed by atoms with Crippen LogP contribution in [0, 0.1) is 0 Å². The number of aromatic nitrogens is 5. The highest BCUT2D eigenvalue weighted by atomic mass is 16.5. The van der Waals surface area contributed by atoms with E-state index in [0.29, 0.717) is 28.2 Å². The molecule has 0 aliphatic heterocycles. The number of hydrogen-bond donors (Lipinski definition) is 1. The van der Waals surface area contributed by atoms with Crippen LogP contribution in [0.3, 0.4) is 0 Å². The van der Waals surface area contributed by atoms with Gasteiger partial charge < -0.3 is 19.5 Å². The number of pyridine rings is 2. The van der Waals surface area contributed by atoms with Crippen molar-refractivity contribution < 1.29 is 14.6 Å². The molecule has 0 amide bonds. The normalized spacial score (nSPS) is 11.1. The lowest BCUT2D eigenvalue weighted by atomic mass is 10.1. The lowest BCUT2D eigenvalue weighted by molar-refractivity contribution is 0.343. The Bertz CT molecular complexity index is 1210. The molecule has 1 N–H and O–H groups in total. The van der Waals surface area contributed by atoms with Gasteiger partial charge in [0.05, 0.1) is 48.4 Å². The number of nitrogens with zero attached hydrogens (tertiary/aromatic N) is 6. The molecule has 0 bridgehead atoms. The fourth-order valence-electron chi connectivity index (χ4n) is 3.40. The summed E-state index contributed by atoms with van der Waals surface area (Å²) in [6.07, 6.45) is 7.10. The standard InChI is InChI=1S/C21H24N6O3/c1-6-26-11-14(10-23-26)27-12-16-19(21(27)28)17(25(2)3)8-15(24-16)13-7-18(29-4)20(30-5)22-9-13/h7-12,28H,6H2,1-5H3. The molecule has 0 saturated heterocycles. The van der Waals surface area contributed by atoms with Gasteiger partial charge in [0.2, 0.25) is 5.88 Å². The second-order valence-electron chi connectivity index (χ2n) is 6.99. The van der Waals surface area contributed by atoms with Crippen LogP contribution in [0.25, 0.3) is 27.8 Å². The summed E-state index contributed by atoms with van der Waals surface area (Å²) in [4.78, 5) is 11.0. The molecule has 9 nitrogen and oxygen atoms in total. The van der Waals surface area contributed by atoms with Crippen LogP contribution in [0.5, 0.6) is 17.5 Å². The van der Waals surface area contributed by atoms with Crippen molar-refractivity contribution in [3.05, 3.63) is 36.9 Å². The largest absolute Gasteiger partial charge is 0.494 e. The molecule has 0 aliphatic rings. The van der Waals surface area contributed by atoms with Gasteiger partial charge in [-0.2, -0.15) is 5.10 Å². The van der Waals surface area contributed by atoms with Crippen molar-refractivity contribution in [2.75, 3.05) is 33.2 Å². The highest BCUT2D eigenvalue weighted by Crippen LogP contribution is 2.39. The number of rotatable bonds is 6. The summed E-state index contributed by atoms with van der Waals surface area (Å²) < 4.78 is 14.1. The Balaban J connectivity index is 1.91. The average molecular weight is 408 g/mol. The van der Waals surface area contributed by atoms with Gasteiger partial charge >= 0.3 is 0 Å². The van der Waals surface area contributed by atoms with Crippen LogP contribution in [-0.4, -0.2) is 57.7 Å². The van der Waals surface area contributed by atoms with Crippen molar-refractivity contribution >= 4 is 16.6 Å². The summed E-state index contributed by atoms with van der Waals surface area (Å²) in [5.74, 6) is 1.05. The Kier molecular flexibility index (Phi) is 4.94. The van der Waals surface area contributed by atoms with E-state index in [0.717, 1.165) is 23.5 Å². The van der Waals surface area contributed by atoms with E-state index >= 15 is 0 Å². The van der Waals surface area contributed by atoms with Gasteiger partial charge in [0.25, 0.3) is 5.88 Å². The van der Waals surface area contributed by atoms with Crippen LogP contribution in [-0.2, 0) is 6.54 Å². The van der Waals surface area contributed by atoms with E-state index in [-0.39, 0.29) is 5.88 Å². The van der Waals surface area contributed by atoms with Crippen molar-refractivity contribution in [2.24, 2.45) is 0 Å². The zero-order valence-corrected chi connectivity index (χ0v) is 17.6. The molecule has 30 heavy (non-hydrogen) atoms. The van der Waals surface area contributed by atoms with E-state index in [9.17, 15) is 5.11 Å². The van der Waals surface area contributed by atoms with E-state index < -0.39 is 0 Å². The summed E-state index contributed by atoms with van der Waals surface area (Å²) in [7, 11) is 6.97. The van der Waals surface area contributed by atoms with E-state index in [4.69, 9.17) is 14.5 Å². The van der Waals surface area contributed by atoms with Gasteiger partial charge in [-0.15, -0.1) is 0 Å². The number of fused-ring (bicyclic) bond motifs is 1. The van der Waals surface area contributed by atoms with Crippen molar-refractivity contribution in [1.82, 2.24) is 24.3 Å². The molecule has 0 radical (unpaired) electrons. The molecule has 4 rings (SSSR count). The van der Waals surface area contributed by atoms with Crippen LogP contribution < -0.4 is 14.4 Å². The molecule has 0 atom stereocenters. The lowest BCUT2D eigenvalue weighted by Gasteiger charge is -2.16. The van der Waals surface area contributed by atoms with Gasteiger partial charge in [0.15, 0.2) is 5.75 Å². The number of aromatic hydroxyl groups is 1.